The van der Waals surface area contributed by atoms with E-state index in [4.69, 9.17) is 0 Å². The van der Waals surface area contributed by atoms with E-state index in [2.05, 4.69) is 51.3 Å². The molecule has 3 nitrogen and oxygen atoms in total. The van der Waals surface area contributed by atoms with Crippen molar-refractivity contribution in [2.45, 2.75) is 53.7 Å². The quantitative estimate of drug-likeness (QED) is 0.804. The van der Waals surface area contributed by atoms with E-state index in [1.54, 1.807) is 0 Å². The maximum atomic E-state index is 10.3. The molecular formula is C18H27ClN2O. The summed E-state index contributed by atoms with van der Waals surface area (Å²) < 4.78 is 3.99. The van der Waals surface area contributed by atoms with Crippen LogP contribution < -0.4 is 17.0 Å². The summed E-state index contributed by atoms with van der Waals surface area (Å²) in [6.07, 6.45) is 7.32. The van der Waals surface area contributed by atoms with Gasteiger partial charge in [-0.1, -0.05) is 31.5 Å². The highest BCUT2D eigenvalue weighted by molar-refractivity contribution is 5.48. The minimum absolute atomic E-state index is 0. The van der Waals surface area contributed by atoms with Gasteiger partial charge in [0.2, 0.25) is 0 Å². The molecule has 2 rings (SSSR count). The van der Waals surface area contributed by atoms with Crippen LogP contribution in [0.1, 0.15) is 49.6 Å². The van der Waals surface area contributed by atoms with E-state index in [1.165, 1.54) is 22.4 Å². The SMILES string of the molecule is Cc1cc(C)c(-n2cc[n+]([C@@H](O)CCC(C)C)c2)c(C)c1.[Cl-]. The second-order valence-electron chi connectivity index (χ2n) is 6.47. The van der Waals surface area contributed by atoms with Gasteiger partial charge < -0.3 is 17.5 Å². The second-order valence-corrected chi connectivity index (χ2v) is 6.47. The van der Waals surface area contributed by atoms with E-state index in [0.29, 0.717) is 5.92 Å². The molecule has 22 heavy (non-hydrogen) atoms. The third-order valence-electron chi connectivity index (χ3n) is 3.90. The molecule has 0 aliphatic carbocycles. The summed E-state index contributed by atoms with van der Waals surface area (Å²) in [6, 6.07) is 4.39. The number of aryl methyl sites for hydroxylation is 3. The van der Waals surface area contributed by atoms with Crippen LogP contribution in [0.3, 0.4) is 0 Å². The first kappa shape index (κ1) is 18.7. The number of benzene rings is 1. The highest BCUT2D eigenvalue weighted by Gasteiger charge is 2.17. The minimum Gasteiger partial charge on any atom is -1.00 e. The summed E-state index contributed by atoms with van der Waals surface area (Å²) in [6.45, 7) is 10.8. The van der Waals surface area contributed by atoms with E-state index in [-0.39, 0.29) is 12.4 Å². The fourth-order valence-electron chi connectivity index (χ4n) is 2.89. The van der Waals surface area contributed by atoms with Gasteiger partial charge in [0.05, 0.1) is 0 Å². The first-order chi connectivity index (χ1) is 9.88. The van der Waals surface area contributed by atoms with Crippen molar-refractivity contribution < 1.29 is 22.1 Å². The van der Waals surface area contributed by atoms with Crippen LogP contribution in [-0.4, -0.2) is 9.67 Å². The van der Waals surface area contributed by atoms with Crippen molar-refractivity contribution in [3.8, 4) is 5.69 Å². The zero-order valence-electron chi connectivity index (χ0n) is 14.2. The Bertz CT molecular complexity index is 596. The van der Waals surface area contributed by atoms with Gasteiger partial charge in [-0.25, -0.2) is 9.13 Å². The highest BCUT2D eigenvalue weighted by Crippen LogP contribution is 2.20. The lowest BCUT2D eigenvalue weighted by molar-refractivity contribution is -0.759. The topological polar surface area (TPSA) is 29.0 Å². The molecule has 2 aromatic rings. The lowest BCUT2D eigenvalue weighted by Gasteiger charge is -2.09. The van der Waals surface area contributed by atoms with Crippen molar-refractivity contribution in [2.75, 3.05) is 0 Å². The zero-order chi connectivity index (χ0) is 15.6. The number of hydrogen-bond acceptors (Lipinski definition) is 1. The Morgan fingerprint density at radius 1 is 1.09 bits per heavy atom. The van der Waals surface area contributed by atoms with Crippen LogP contribution in [0.5, 0.6) is 0 Å². The third-order valence-corrected chi connectivity index (χ3v) is 3.90. The van der Waals surface area contributed by atoms with Crippen molar-refractivity contribution in [1.29, 1.82) is 0 Å². The molecule has 0 fully saturated rings. The molecule has 1 aromatic heterocycles. The molecule has 0 radical (unpaired) electrons. The van der Waals surface area contributed by atoms with E-state index >= 15 is 0 Å². The molecule has 1 atom stereocenters. The Morgan fingerprint density at radius 2 is 1.68 bits per heavy atom. The second kappa shape index (κ2) is 7.80. The molecule has 0 bridgehead atoms. The number of nitrogens with zero attached hydrogens (tertiary/aromatic N) is 2. The zero-order valence-corrected chi connectivity index (χ0v) is 14.9. The van der Waals surface area contributed by atoms with Crippen LogP contribution in [0.4, 0.5) is 0 Å². The molecule has 0 saturated heterocycles. The monoisotopic (exact) mass is 322 g/mol. The molecule has 0 aliphatic rings. The Morgan fingerprint density at radius 3 is 2.23 bits per heavy atom. The van der Waals surface area contributed by atoms with Gasteiger partial charge in [-0.05, 0) is 44.2 Å². The van der Waals surface area contributed by atoms with Gasteiger partial charge in [-0.2, -0.15) is 0 Å². The Hall–Kier alpha value is -1.32. The first-order valence-corrected chi connectivity index (χ1v) is 7.73. The summed E-state index contributed by atoms with van der Waals surface area (Å²) in [5, 5.41) is 10.3. The molecule has 4 heteroatoms. The molecule has 0 saturated carbocycles. The number of imidazole rings is 1. The van der Waals surface area contributed by atoms with Crippen molar-refractivity contribution in [3.63, 3.8) is 0 Å². The van der Waals surface area contributed by atoms with Crippen LogP contribution in [0.25, 0.3) is 5.69 Å². The standard InChI is InChI=1S/C18H27N2O.ClH/c1-13(2)6-7-17(21)19-8-9-20(12-19)18-15(4)10-14(3)11-16(18)5;/h8-13,17,21H,6-7H2,1-5H3;1H/q+1;/p-1/t17-;/m0./s1. The summed E-state index contributed by atoms with van der Waals surface area (Å²) >= 11 is 0. The van der Waals surface area contributed by atoms with E-state index in [1.807, 2.05) is 23.3 Å². The van der Waals surface area contributed by atoms with Crippen LogP contribution in [0.15, 0.2) is 30.9 Å². The summed E-state index contributed by atoms with van der Waals surface area (Å²) in [4.78, 5) is 0. The van der Waals surface area contributed by atoms with Gasteiger partial charge in [0.1, 0.15) is 18.1 Å². The largest absolute Gasteiger partial charge is 1.00 e. The summed E-state index contributed by atoms with van der Waals surface area (Å²) in [5.41, 5.74) is 5.00. The van der Waals surface area contributed by atoms with Gasteiger partial charge in [-0.15, -0.1) is 0 Å². The normalized spacial score (nSPS) is 12.3. The summed E-state index contributed by atoms with van der Waals surface area (Å²) in [5.74, 6) is 0.615. The third kappa shape index (κ3) is 4.34. The number of aliphatic hydroxyl groups is 1. The number of aromatic nitrogens is 2. The average Bonchev–Trinajstić information content (AvgIpc) is 2.84. The molecule has 1 N–H and O–H groups in total. The molecular weight excluding hydrogens is 296 g/mol. The van der Waals surface area contributed by atoms with Gasteiger partial charge >= 0.3 is 0 Å². The first-order valence-electron chi connectivity index (χ1n) is 7.73. The molecule has 0 spiro atoms. The van der Waals surface area contributed by atoms with Crippen LogP contribution in [0.2, 0.25) is 0 Å². The highest BCUT2D eigenvalue weighted by atomic mass is 35.5. The van der Waals surface area contributed by atoms with E-state index in [9.17, 15) is 5.11 Å². The molecule has 122 valence electrons. The maximum Gasteiger partial charge on any atom is 0.251 e. The molecule has 1 heterocycles. The van der Waals surface area contributed by atoms with E-state index in [0.717, 1.165) is 12.8 Å². The fourth-order valence-corrected chi connectivity index (χ4v) is 2.89. The van der Waals surface area contributed by atoms with Gasteiger partial charge in [0.15, 0.2) is 6.23 Å². The number of hydrogen-bond donors (Lipinski definition) is 1. The molecule has 0 unspecified atom stereocenters. The number of rotatable bonds is 5. The fraction of sp³-hybridized carbons (Fsp3) is 0.500. The van der Waals surface area contributed by atoms with Crippen molar-refractivity contribution in [2.24, 2.45) is 5.92 Å². The number of halogens is 1. The van der Waals surface area contributed by atoms with Gasteiger partial charge in [0.25, 0.3) is 6.33 Å². The van der Waals surface area contributed by atoms with Crippen LogP contribution in [-0.2, 0) is 0 Å². The predicted molar refractivity (Wildman–Crippen MR) is 85.5 cm³/mol. The van der Waals surface area contributed by atoms with Gasteiger partial charge in [0, 0.05) is 6.42 Å². The average molecular weight is 323 g/mol. The Labute approximate surface area is 140 Å². The Balaban J connectivity index is 0.00000242. The van der Waals surface area contributed by atoms with Crippen molar-refractivity contribution in [1.82, 2.24) is 4.57 Å². The summed E-state index contributed by atoms with van der Waals surface area (Å²) in [7, 11) is 0. The smallest absolute Gasteiger partial charge is 0.251 e. The lowest BCUT2D eigenvalue weighted by Crippen LogP contribution is -3.00. The lowest BCUT2D eigenvalue weighted by atomic mass is 10.1. The molecule has 1 aromatic carbocycles. The van der Waals surface area contributed by atoms with Crippen LogP contribution >= 0.6 is 0 Å². The van der Waals surface area contributed by atoms with Gasteiger partial charge in [-0.3, -0.25) is 0 Å². The molecule has 0 aliphatic heterocycles. The maximum absolute atomic E-state index is 10.3. The predicted octanol–water partition coefficient (Wildman–Crippen LogP) is 0.621. The number of aliphatic hydroxyl groups excluding tert-OH is 1. The minimum atomic E-state index is -0.445. The van der Waals surface area contributed by atoms with Crippen LogP contribution in [0, 0.1) is 26.7 Å². The molecule has 0 amide bonds. The van der Waals surface area contributed by atoms with Crippen molar-refractivity contribution in [3.05, 3.63) is 47.5 Å². The Kier molecular flexibility index (Phi) is 6.64. The van der Waals surface area contributed by atoms with Crippen molar-refractivity contribution >= 4 is 0 Å². The van der Waals surface area contributed by atoms with E-state index < -0.39 is 6.23 Å².